The average molecular weight is 353 g/mol. The molecule has 4 rings (SSSR count). The Morgan fingerprint density at radius 3 is 2.36 bits per heavy atom. The van der Waals surface area contributed by atoms with Crippen LogP contribution in [0.3, 0.4) is 0 Å². The number of carbonyl (C=O) groups excluding carboxylic acids is 1. The van der Waals surface area contributed by atoms with E-state index in [2.05, 4.69) is 0 Å². The Morgan fingerprint density at radius 2 is 1.76 bits per heavy atom. The number of fused-ring (bicyclic) bond motifs is 1. The summed E-state index contributed by atoms with van der Waals surface area (Å²) >= 11 is 0. The van der Waals surface area contributed by atoms with Crippen LogP contribution in [0.25, 0.3) is 10.9 Å². The van der Waals surface area contributed by atoms with Gasteiger partial charge in [-0.15, -0.1) is 0 Å². The molecule has 5 heteroatoms. The van der Waals surface area contributed by atoms with Crippen LogP contribution in [-0.4, -0.2) is 18.7 Å². The van der Waals surface area contributed by atoms with Crippen LogP contribution in [0, 0.1) is 13.8 Å². The maximum absolute atomic E-state index is 13.1. The van der Waals surface area contributed by atoms with Crippen LogP contribution >= 0.6 is 0 Å². The van der Waals surface area contributed by atoms with E-state index in [0.29, 0.717) is 22.4 Å². The predicted molar refractivity (Wildman–Crippen MR) is 97.8 cm³/mol. The number of aromatic nitrogens is 1. The van der Waals surface area contributed by atoms with Gasteiger partial charge in [0.25, 0.3) is 10.0 Å². The first kappa shape index (κ1) is 16.1. The zero-order chi connectivity index (χ0) is 17.8. The first-order valence-electron chi connectivity index (χ1n) is 8.35. The standard InChI is InChI=1S/C20H19NO3S/c1-13-3-7-16(8-4-13)25(23,24)21-10-9-17-19(12-22)18(15-5-6-15)11-14(2)20(17)21/h3-4,7-12,15H,5-6H2,1-2H3. The number of hydrogen-bond acceptors (Lipinski definition) is 3. The SMILES string of the molecule is Cc1ccc(S(=O)(=O)n2ccc3c(C=O)c(C4CC4)cc(C)c32)cc1. The Balaban J connectivity index is 1.97. The molecule has 0 atom stereocenters. The van der Waals surface area contributed by atoms with Crippen LogP contribution in [0.15, 0.2) is 47.5 Å². The van der Waals surface area contributed by atoms with Crippen molar-refractivity contribution in [3.63, 3.8) is 0 Å². The van der Waals surface area contributed by atoms with Crippen LogP contribution in [0.4, 0.5) is 0 Å². The quantitative estimate of drug-likeness (QED) is 0.661. The highest BCUT2D eigenvalue weighted by molar-refractivity contribution is 7.90. The van der Waals surface area contributed by atoms with Gasteiger partial charge in [0.05, 0.1) is 10.4 Å². The molecular formula is C20H19NO3S. The van der Waals surface area contributed by atoms with Crippen LogP contribution in [-0.2, 0) is 10.0 Å². The molecule has 25 heavy (non-hydrogen) atoms. The first-order chi connectivity index (χ1) is 11.9. The summed E-state index contributed by atoms with van der Waals surface area (Å²) in [5.74, 6) is 0.431. The van der Waals surface area contributed by atoms with E-state index in [1.165, 1.54) is 3.97 Å². The van der Waals surface area contributed by atoms with Crippen molar-refractivity contribution < 1.29 is 13.2 Å². The first-order valence-corrected chi connectivity index (χ1v) is 9.79. The molecule has 0 unspecified atom stereocenters. The lowest BCUT2D eigenvalue weighted by molar-refractivity contribution is 0.112. The molecule has 0 aliphatic heterocycles. The molecule has 1 fully saturated rings. The van der Waals surface area contributed by atoms with Gasteiger partial charge in [0, 0.05) is 17.1 Å². The van der Waals surface area contributed by atoms with Gasteiger partial charge >= 0.3 is 0 Å². The summed E-state index contributed by atoms with van der Waals surface area (Å²) in [7, 11) is -3.70. The van der Waals surface area contributed by atoms with Crippen molar-refractivity contribution in [2.24, 2.45) is 0 Å². The summed E-state index contributed by atoms with van der Waals surface area (Å²) < 4.78 is 27.5. The topological polar surface area (TPSA) is 56.1 Å². The Morgan fingerprint density at radius 1 is 1.08 bits per heavy atom. The lowest BCUT2D eigenvalue weighted by Crippen LogP contribution is -2.12. The van der Waals surface area contributed by atoms with Crippen molar-refractivity contribution >= 4 is 27.2 Å². The van der Waals surface area contributed by atoms with Gasteiger partial charge in [0.15, 0.2) is 6.29 Å². The number of benzene rings is 2. The van der Waals surface area contributed by atoms with Crippen molar-refractivity contribution in [1.82, 2.24) is 3.97 Å². The molecule has 3 aromatic rings. The van der Waals surface area contributed by atoms with Crippen LogP contribution < -0.4 is 0 Å². The van der Waals surface area contributed by atoms with Crippen molar-refractivity contribution in [3.05, 3.63) is 64.8 Å². The molecule has 0 amide bonds. The zero-order valence-corrected chi connectivity index (χ0v) is 15.0. The third-order valence-electron chi connectivity index (χ3n) is 4.91. The van der Waals surface area contributed by atoms with Gasteiger partial charge in [-0.2, -0.15) is 0 Å². The number of rotatable bonds is 4. The highest BCUT2D eigenvalue weighted by Crippen LogP contribution is 2.44. The van der Waals surface area contributed by atoms with E-state index >= 15 is 0 Å². The molecule has 1 aliphatic carbocycles. The minimum absolute atomic E-state index is 0.244. The maximum atomic E-state index is 13.1. The molecular weight excluding hydrogens is 334 g/mol. The van der Waals surface area contributed by atoms with Gasteiger partial charge in [-0.1, -0.05) is 23.8 Å². The maximum Gasteiger partial charge on any atom is 0.268 e. The second-order valence-electron chi connectivity index (χ2n) is 6.78. The molecule has 0 bridgehead atoms. The van der Waals surface area contributed by atoms with E-state index in [-0.39, 0.29) is 4.90 Å². The number of aryl methyl sites for hydroxylation is 2. The summed E-state index contributed by atoms with van der Waals surface area (Å²) in [5, 5.41) is 0.715. The molecule has 0 spiro atoms. The number of aldehydes is 1. The van der Waals surface area contributed by atoms with Gasteiger partial charge in [-0.05, 0) is 61.9 Å². The third kappa shape index (κ3) is 2.50. The second-order valence-corrected chi connectivity index (χ2v) is 8.60. The van der Waals surface area contributed by atoms with E-state index in [1.807, 2.05) is 19.9 Å². The molecule has 0 radical (unpaired) electrons. The van der Waals surface area contributed by atoms with Gasteiger partial charge in [0.2, 0.25) is 0 Å². The summed E-state index contributed by atoms with van der Waals surface area (Å²) in [5.41, 5.74) is 4.14. The molecule has 1 aromatic heterocycles. The lowest BCUT2D eigenvalue weighted by Gasteiger charge is -2.12. The number of nitrogens with zero attached hydrogens (tertiary/aromatic N) is 1. The highest BCUT2D eigenvalue weighted by Gasteiger charge is 2.29. The van der Waals surface area contributed by atoms with E-state index < -0.39 is 10.0 Å². The number of hydrogen-bond donors (Lipinski definition) is 0. The van der Waals surface area contributed by atoms with Gasteiger partial charge < -0.3 is 0 Å². The largest absolute Gasteiger partial charge is 0.298 e. The van der Waals surface area contributed by atoms with E-state index in [1.54, 1.807) is 36.5 Å². The molecule has 128 valence electrons. The predicted octanol–water partition coefficient (Wildman–Crippen LogP) is 4.19. The minimum Gasteiger partial charge on any atom is -0.298 e. The molecule has 1 heterocycles. The van der Waals surface area contributed by atoms with Crippen molar-refractivity contribution in [2.45, 2.75) is 37.5 Å². The molecule has 1 aliphatic rings. The summed E-state index contributed by atoms with van der Waals surface area (Å²) in [6, 6.07) is 10.5. The Labute approximate surface area is 147 Å². The molecule has 4 nitrogen and oxygen atoms in total. The lowest BCUT2D eigenvalue weighted by atomic mass is 9.97. The van der Waals surface area contributed by atoms with Crippen molar-refractivity contribution in [3.8, 4) is 0 Å². The fourth-order valence-corrected chi connectivity index (χ4v) is 4.85. The van der Waals surface area contributed by atoms with Gasteiger partial charge in [-0.3, -0.25) is 4.79 Å². The smallest absolute Gasteiger partial charge is 0.268 e. The fraction of sp³-hybridized carbons (Fsp3) is 0.250. The van der Waals surface area contributed by atoms with Crippen molar-refractivity contribution in [1.29, 1.82) is 0 Å². The van der Waals surface area contributed by atoms with E-state index in [4.69, 9.17) is 0 Å². The zero-order valence-electron chi connectivity index (χ0n) is 14.2. The molecule has 0 N–H and O–H groups in total. The molecule has 2 aromatic carbocycles. The Kier molecular flexibility index (Phi) is 3.58. The van der Waals surface area contributed by atoms with E-state index in [9.17, 15) is 13.2 Å². The second kappa shape index (κ2) is 5.56. The third-order valence-corrected chi connectivity index (χ3v) is 6.60. The molecule has 1 saturated carbocycles. The number of carbonyl (C=O) groups is 1. The Hall–Kier alpha value is -2.40. The van der Waals surface area contributed by atoms with E-state index in [0.717, 1.165) is 35.8 Å². The minimum atomic E-state index is -3.70. The summed E-state index contributed by atoms with van der Waals surface area (Å²) in [6.07, 6.45) is 4.59. The average Bonchev–Trinajstić information content (AvgIpc) is 3.33. The normalized spacial score (nSPS) is 14.8. The van der Waals surface area contributed by atoms with Crippen LogP contribution in [0.2, 0.25) is 0 Å². The monoisotopic (exact) mass is 353 g/mol. The Bertz CT molecular complexity index is 1090. The van der Waals surface area contributed by atoms with Crippen LogP contribution in [0.1, 0.15) is 45.8 Å². The van der Waals surface area contributed by atoms with Crippen molar-refractivity contribution in [2.75, 3.05) is 0 Å². The van der Waals surface area contributed by atoms with Gasteiger partial charge in [-0.25, -0.2) is 12.4 Å². The molecule has 0 saturated heterocycles. The van der Waals surface area contributed by atoms with Gasteiger partial charge in [0.1, 0.15) is 0 Å². The van der Waals surface area contributed by atoms with Crippen LogP contribution in [0.5, 0.6) is 0 Å². The summed E-state index contributed by atoms with van der Waals surface area (Å²) in [4.78, 5) is 11.9. The summed E-state index contributed by atoms with van der Waals surface area (Å²) in [6.45, 7) is 3.82. The fourth-order valence-electron chi connectivity index (χ4n) is 3.44. The highest BCUT2D eigenvalue weighted by atomic mass is 32.2.